The zero-order valence-corrected chi connectivity index (χ0v) is 11.3. The van der Waals surface area contributed by atoms with Crippen molar-refractivity contribution in [3.05, 3.63) is 29.8 Å². The smallest absolute Gasteiger partial charge is 0.327 e. The number of ether oxygens (including phenoxy) is 1. The number of halogens is 2. The Labute approximate surface area is 117 Å². The molecule has 6 nitrogen and oxygen atoms in total. The van der Waals surface area contributed by atoms with Gasteiger partial charge in [-0.3, -0.25) is 4.79 Å². The first-order valence-corrected chi connectivity index (χ1v) is 4.57. The van der Waals surface area contributed by atoms with Crippen LogP contribution in [-0.4, -0.2) is 19.0 Å². The van der Waals surface area contributed by atoms with Crippen LogP contribution in [0.1, 0.15) is 11.6 Å². The predicted molar refractivity (Wildman–Crippen MR) is 75.4 cm³/mol. The van der Waals surface area contributed by atoms with Gasteiger partial charge in [-0.2, -0.15) is 0 Å². The molecule has 0 fully saturated rings. The van der Waals surface area contributed by atoms with Crippen LogP contribution in [0.2, 0.25) is 0 Å². The number of carbonyl (C=O) groups is 1. The first-order chi connectivity index (χ1) is 7.54. The largest absolute Gasteiger partial charge is 0.468 e. The molecule has 0 aliphatic heterocycles. The molecule has 0 saturated heterocycles. The van der Waals surface area contributed by atoms with Crippen molar-refractivity contribution in [1.82, 2.24) is 0 Å². The van der Waals surface area contributed by atoms with E-state index in [4.69, 9.17) is 17.2 Å². The fourth-order valence-corrected chi connectivity index (χ4v) is 1.17. The van der Waals surface area contributed by atoms with Crippen molar-refractivity contribution in [2.45, 2.75) is 6.04 Å². The number of aliphatic imine (C=N–C) groups is 1. The molecule has 0 aromatic heterocycles. The molecule has 1 atom stereocenters. The molecule has 0 heterocycles. The van der Waals surface area contributed by atoms with Crippen molar-refractivity contribution in [3.63, 3.8) is 0 Å². The Hall–Kier alpha value is -1.50. The van der Waals surface area contributed by atoms with Crippen LogP contribution in [0, 0.1) is 0 Å². The molecule has 0 aliphatic carbocycles. The Bertz CT molecular complexity index is 405. The molecule has 0 saturated carbocycles. The maximum absolute atomic E-state index is 11.2. The Morgan fingerprint density at radius 3 is 2.11 bits per heavy atom. The Kier molecular flexibility index (Phi) is 8.98. The number of carbonyl (C=O) groups excluding carboxylic acids is 1. The first-order valence-electron chi connectivity index (χ1n) is 4.57. The summed E-state index contributed by atoms with van der Waals surface area (Å²) in [6.07, 6.45) is 0. The van der Waals surface area contributed by atoms with Crippen molar-refractivity contribution in [2.24, 2.45) is 22.2 Å². The van der Waals surface area contributed by atoms with E-state index in [2.05, 4.69) is 9.73 Å². The average molecular weight is 295 g/mol. The molecule has 102 valence electrons. The van der Waals surface area contributed by atoms with E-state index in [-0.39, 0.29) is 30.8 Å². The number of nitrogens with two attached hydrogens (primary N) is 3. The van der Waals surface area contributed by atoms with E-state index in [1.165, 1.54) is 7.11 Å². The van der Waals surface area contributed by atoms with E-state index in [1.54, 1.807) is 24.3 Å². The summed E-state index contributed by atoms with van der Waals surface area (Å²) in [7, 11) is 1.29. The van der Waals surface area contributed by atoms with Gasteiger partial charge in [-0.15, -0.1) is 24.8 Å². The molecular weight excluding hydrogens is 279 g/mol. The third-order valence-corrected chi connectivity index (χ3v) is 1.97. The molecular formula is C10H16Cl2N4O2. The summed E-state index contributed by atoms with van der Waals surface area (Å²) in [6, 6.07) is 5.88. The Morgan fingerprint density at radius 2 is 1.72 bits per heavy atom. The van der Waals surface area contributed by atoms with Gasteiger partial charge in [-0.05, 0) is 17.7 Å². The van der Waals surface area contributed by atoms with Crippen molar-refractivity contribution in [2.75, 3.05) is 7.11 Å². The third kappa shape index (κ3) is 5.22. The lowest BCUT2D eigenvalue weighted by Crippen LogP contribution is -2.22. The number of rotatable bonds is 3. The topological polar surface area (TPSA) is 117 Å². The fourth-order valence-electron chi connectivity index (χ4n) is 1.17. The van der Waals surface area contributed by atoms with E-state index in [0.717, 1.165) is 0 Å². The number of methoxy groups -OCH3 is 1. The highest BCUT2D eigenvalue weighted by Crippen LogP contribution is 2.17. The van der Waals surface area contributed by atoms with Crippen LogP contribution in [0.3, 0.4) is 0 Å². The fraction of sp³-hybridized carbons (Fsp3) is 0.200. The van der Waals surface area contributed by atoms with Crippen LogP contribution >= 0.6 is 24.8 Å². The molecule has 0 bridgehead atoms. The number of guanidine groups is 1. The lowest BCUT2D eigenvalue weighted by molar-refractivity contribution is -0.142. The molecule has 0 aliphatic rings. The van der Waals surface area contributed by atoms with Crippen molar-refractivity contribution >= 4 is 42.4 Å². The van der Waals surface area contributed by atoms with E-state index in [9.17, 15) is 4.79 Å². The normalized spacial score (nSPS) is 10.3. The monoisotopic (exact) mass is 294 g/mol. The van der Waals surface area contributed by atoms with Gasteiger partial charge in [0.1, 0.15) is 6.04 Å². The van der Waals surface area contributed by atoms with Gasteiger partial charge >= 0.3 is 5.97 Å². The van der Waals surface area contributed by atoms with Gasteiger partial charge in [0, 0.05) is 0 Å². The first kappa shape index (κ1) is 18.9. The highest BCUT2D eigenvalue weighted by atomic mass is 35.5. The van der Waals surface area contributed by atoms with Crippen molar-refractivity contribution in [3.8, 4) is 0 Å². The molecule has 8 heteroatoms. The number of esters is 1. The van der Waals surface area contributed by atoms with Crippen LogP contribution in [-0.2, 0) is 9.53 Å². The van der Waals surface area contributed by atoms with E-state index < -0.39 is 12.0 Å². The molecule has 0 radical (unpaired) electrons. The summed E-state index contributed by atoms with van der Waals surface area (Å²) in [6.45, 7) is 0. The zero-order valence-electron chi connectivity index (χ0n) is 9.70. The van der Waals surface area contributed by atoms with Crippen LogP contribution in [0.5, 0.6) is 0 Å². The second kappa shape index (κ2) is 8.57. The summed E-state index contributed by atoms with van der Waals surface area (Å²) in [4.78, 5) is 15.0. The zero-order chi connectivity index (χ0) is 12.1. The maximum Gasteiger partial charge on any atom is 0.327 e. The lowest BCUT2D eigenvalue weighted by Gasteiger charge is -2.09. The number of nitrogens with zero attached hydrogens (tertiary/aromatic N) is 1. The maximum atomic E-state index is 11.2. The van der Waals surface area contributed by atoms with Crippen LogP contribution in [0.4, 0.5) is 5.69 Å². The molecule has 1 aromatic rings. The Morgan fingerprint density at radius 1 is 1.22 bits per heavy atom. The summed E-state index contributed by atoms with van der Waals surface area (Å²) in [5.74, 6) is -0.514. The SMILES string of the molecule is COC(=O)[C@@H](N)c1ccc(N=C(N)N)cc1.Cl.Cl. The van der Waals surface area contributed by atoms with Gasteiger partial charge in [0.2, 0.25) is 0 Å². The van der Waals surface area contributed by atoms with Gasteiger partial charge in [0.05, 0.1) is 12.8 Å². The van der Waals surface area contributed by atoms with Gasteiger partial charge in [-0.1, -0.05) is 12.1 Å². The highest BCUT2D eigenvalue weighted by Gasteiger charge is 2.15. The minimum atomic E-state index is -0.793. The summed E-state index contributed by atoms with van der Waals surface area (Å²) >= 11 is 0. The van der Waals surface area contributed by atoms with Crippen molar-refractivity contribution in [1.29, 1.82) is 0 Å². The molecule has 18 heavy (non-hydrogen) atoms. The molecule has 0 amide bonds. The number of benzene rings is 1. The lowest BCUT2D eigenvalue weighted by atomic mass is 10.1. The Balaban J connectivity index is 0. The van der Waals surface area contributed by atoms with Crippen LogP contribution in [0.25, 0.3) is 0 Å². The van der Waals surface area contributed by atoms with Crippen LogP contribution in [0.15, 0.2) is 29.3 Å². The second-order valence-electron chi connectivity index (χ2n) is 3.13. The number of hydrogen-bond acceptors (Lipinski definition) is 4. The average Bonchev–Trinajstić information content (AvgIpc) is 2.27. The van der Waals surface area contributed by atoms with E-state index >= 15 is 0 Å². The van der Waals surface area contributed by atoms with Gasteiger partial charge in [0.15, 0.2) is 5.96 Å². The summed E-state index contributed by atoms with van der Waals surface area (Å²) in [5.41, 5.74) is 17.3. The summed E-state index contributed by atoms with van der Waals surface area (Å²) < 4.78 is 4.53. The summed E-state index contributed by atoms with van der Waals surface area (Å²) in [5, 5.41) is 0. The number of hydrogen-bond donors (Lipinski definition) is 3. The minimum Gasteiger partial charge on any atom is -0.468 e. The highest BCUT2D eigenvalue weighted by molar-refractivity contribution is 5.85. The van der Waals surface area contributed by atoms with E-state index in [1.807, 2.05) is 0 Å². The van der Waals surface area contributed by atoms with Gasteiger partial charge in [-0.25, -0.2) is 4.99 Å². The molecule has 0 spiro atoms. The molecule has 0 unspecified atom stereocenters. The van der Waals surface area contributed by atoms with Gasteiger partial charge < -0.3 is 21.9 Å². The molecule has 1 rings (SSSR count). The molecule has 6 N–H and O–H groups in total. The standard InChI is InChI=1S/C10H14N4O2.2ClH/c1-16-9(15)8(11)6-2-4-7(5-3-6)14-10(12)13;;/h2-5,8H,11H2,1H3,(H4,12,13,14);2*1H/t8-;;/m0../s1. The van der Waals surface area contributed by atoms with Crippen LogP contribution < -0.4 is 17.2 Å². The van der Waals surface area contributed by atoms with Gasteiger partial charge in [0.25, 0.3) is 0 Å². The molecule has 1 aromatic carbocycles. The van der Waals surface area contributed by atoms with E-state index in [0.29, 0.717) is 11.3 Å². The second-order valence-corrected chi connectivity index (χ2v) is 3.13. The third-order valence-electron chi connectivity index (χ3n) is 1.97. The predicted octanol–water partition coefficient (Wildman–Crippen LogP) is 0.608. The minimum absolute atomic E-state index is 0. The van der Waals surface area contributed by atoms with Crippen molar-refractivity contribution < 1.29 is 9.53 Å². The quantitative estimate of drug-likeness (QED) is 0.429.